The summed E-state index contributed by atoms with van der Waals surface area (Å²) in [7, 11) is 0. The number of nitrogens with zero attached hydrogens (tertiary/aromatic N) is 1. The van der Waals surface area contributed by atoms with Crippen molar-refractivity contribution in [2.75, 3.05) is 5.32 Å². The number of carbonyl (C=O) groups is 1. The molecule has 1 amide bonds. The van der Waals surface area contributed by atoms with Crippen molar-refractivity contribution >= 4 is 40.6 Å². The fourth-order valence-corrected chi connectivity index (χ4v) is 2.43. The molecule has 1 aromatic carbocycles. The van der Waals surface area contributed by atoms with E-state index in [1.807, 2.05) is 30.5 Å². The quantitative estimate of drug-likeness (QED) is 0.680. The van der Waals surface area contributed by atoms with E-state index in [2.05, 4.69) is 5.32 Å². The SMILES string of the molecule is Cc1c(Cl)cccc1NC(=O)C(C#N)=Cc1cccs1. The van der Waals surface area contributed by atoms with E-state index in [4.69, 9.17) is 16.9 Å². The van der Waals surface area contributed by atoms with Gasteiger partial charge in [0.05, 0.1) is 0 Å². The second kappa shape index (κ2) is 6.38. The Balaban J connectivity index is 2.23. The number of nitrogens with one attached hydrogen (secondary N) is 1. The maximum absolute atomic E-state index is 12.1. The van der Waals surface area contributed by atoms with Crippen LogP contribution in [0.15, 0.2) is 41.3 Å². The Morgan fingerprint density at radius 3 is 2.85 bits per heavy atom. The molecule has 2 aromatic rings. The minimum absolute atomic E-state index is 0.0619. The molecule has 0 radical (unpaired) electrons. The summed E-state index contributed by atoms with van der Waals surface area (Å²) in [5, 5.41) is 14.3. The van der Waals surface area contributed by atoms with Crippen molar-refractivity contribution < 1.29 is 4.79 Å². The summed E-state index contributed by atoms with van der Waals surface area (Å²) in [6, 6.07) is 10.9. The van der Waals surface area contributed by atoms with Crippen molar-refractivity contribution in [3.8, 4) is 6.07 Å². The zero-order valence-corrected chi connectivity index (χ0v) is 12.3. The lowest BCUT2D eigenvalue weighted by atomic mass is 10.1. The van der Waals surface area contributed by atoms with Gasteiger partial charge in [0, 0.05) is 15.6 Å². The number of rotatable bonds is 3. The summed E-state index contributed by atoms with van der Waals surface area (Å²) >= 11 is 7.46. The molecule has 100 valence electrons. The van der Waals surface area contributed by atoms with Crippen LogP contribution in [0, 0.1) is 18.3 Å². The molecule has 1 N–H and O–H groups in total. The molecular weight excluding hydrogens is 292 g/mol. The summed E-state index contributed by atoms with van der Waals surface area (Å²) in [5.74, 6) is -0.439. The van der Waals surface area contributed by atoms with Gasteiger partial charge < -0.3 is 5.32 Å². The topological polar surface area (TPSA) is 52.9 Å². The van der Waals surface area contributed by atoms with Gasteiger partial charge in [-0.1, -0.05) is 23.7 Å². The van der Waals surface area contributed by atoms with Crippen LogP contribution in [-0.2, 0) is 4.79 Å². The number of hydrogen-bond donors (Lipinski definition) is 1. The number of carbonyl (C=O) groups excluding carboxylic acids is 1. The van der Waals surface area contributed by atoms with E-state index in [0.717, 1.165) is 10.4 Å². The fraction of sp³-hybridized carbons (Fsp3) is 0.0667. The number of amides is 1. The minimum Gasteiger partial charge on any atom is -0.321 e. The number of nitriles is 1. The highest BCUT2D eigenvalue weighted by molar-refractivity contribution is 7.10. The van der Waals surface area contributed by atoms with Crippen LogP contribution in [0.4, 0.5) is 5.69 Å². The predicted octanol–water partition coefficient (Wildman–Crippen LogP) is 4.26. The van der Waals surface area contributed by atoms with E-state index >= 15 is 0 Å². The molecule has 0 unspecified atom stereocenters. The van der Waals surface area contributed by atoms with E-state index in [1.54, 1.807) is 24.3 Å². The number of anilines is 1. The summed E-state index contributed by atoms with van der Waals surface area (Å²) in [4.78, 5) is 13.0. The molecule has 0 aliphatic carbocycles. The molecule has 0 atom stereocenters. The molecule has 1 aromatic heterocycles. The van der Waals surface area contributed by atoms with Gasteiger partial charge in [-0.3, -0.25) is 4.79 Å². The van der Waals surface area contributed by atoms with Gasteiger partial charge in [0.2, 0.25) is 0 Å². The van der Waals surface area contributed by atoms with Gasteiger partial charge >= 0.3 is 0 Å². The smallest absolute Gasteiger partial charge is 0.266 e. The van der Waals surface area contributed by atoms with Crippen LogP contribution >= 0.6 is 22.9 Å². The Kier molecular flexibility index (Phi) is 4.57. The molecular formula is C15H11ClN2OS. The van der Waals surface area contributed by atoms with E-state index in [9.17, 15) is 4.79 Å². The molecule has 0 spiro atoms. The van der Waals surface area contributed by atoms with Crippen LogP contribution in [0.25, 0.3) is 6.08 Å². The molecule has 3 nitrogen and oxygen atoms in total. The van der Waals surface area contributed by atoms with Gasteiger partial charge in [0.15, 0.2) is 0 Å². The predicted molar refractivity (Wildman–Crippen MR) is 82.7 cm³/mol. The number of thiophene rings is 1. The fourth-order valence-electron chi connectivity index (χ4n) is 1.60. The van der Waals surface area contributed by atoms with Crippen LogP contribution in [-0.4, -0.2) is 5.91 Å². The van der Waals surface area contributed by atoms with E-state index in [-0.39, 0.29) is 5.57 Å². The van der Waals surface area contributed by atoms with E-state index < -0.39 is 5.91 Å². The van der Waals surface area contributed by atoms with Crippen molar-refractivity contribution in [1.29, 1.82) is 5.26 Å². The maximum Gasteiger partial charge on any atom is 0.266 e. The number of benzene rings is 1. The van der Waals surface area contributed by atoms with Gasteiger partial charge in [-0.25, -0.2) is 0 Å². The third-order valence-electron chi connectivity index (χ3n) is 2.71. The second-order valence-electron chi connectivity index (χ2n) is 4.05. The van der Waals surface area contributed by atoms with Crippen molar-refractivity contribution in [3.05, 3.63) is 56.7 Å². The average molecular weight is 303 g/mol. The number of hydrogen-bond acceptors (Lipinski definition) is 3. The third-order valence-corrected chi connectivity index (χ3v) is 3.94. The maximum atomic E-state index is 12.1. The first-order valence-electron chi connectivity index (χ1n) is 5.83. The van der Waals surface area contributed by atoms with Crippen LogP contribution in [0.3, 0.4) is 0 Å². The number of halogens is 1. The van der Waals surface area contributed by atoms with E-state index in [1.165, 1.54) is 11.3 Å². The molecule has 0 aliphatic rings. The Bertz CT molecular complexity index is 699. The molecule has 0 bridgehead atoms. The van der Waals surface area contributed by atoms with E-state index in [0.29, 0.717) is 10.7 Å². The second-order valence-corrected chi connectivity index (χ2v) is 5.44. The van der Waals surface area contributed by atoms with Crippen LogP contribution in [0.2, 0.25) is 5.02 Å². The molecule has 0 fully saturated rings. The highest BCUT2D eigenvalue weighted by atomic mass is 35.5. The van der Waals surface area contributed by atoms with Gasteiger partial charge in [-0.05, 0) is 42.1 Å². The van der Waals surface area contributed by atoms with Gasteiger partial charge in [-0.2, -0.15) is 5.26 Å². The first-order chi connectivity index (χ1) is 9.61. The van der Waals surface area contributed by atoms with Crippen molar-refractivity contribution in [2.24, 2.45) is 0 Å². The highest BCUT2D eigenvalue weighted by Crippen LogP contribution is 2.23. The van der Waals surface area contributed by atoms with Gasteiger partial charge in [0.25, 0.3) is 5.91 Å². The largest absolute Gasteiger partial charge is 0.321 e. The lowest BCUT2D eigenvalue weighted by Crippen LogP contribution is -2.14. The molecule has 0 saturated carbocycles. The minimum atomic E-state index is -0.439. The molecule has 1 heterocycles. The highest BCUT2D eigenvalue weighted by Gasteiger charge is 2.11. The lowest BCUT2D eigenvalue weighted by Gasteiger charge is -2.08. The van der Waals surface area contributed by atoms with Crippen LogP contribution in [0.5, 0.6) is 0 Å². The van der Waals surface area contributed by atoms with Gasteiger partial charge in [-0.15, -0.1) is 11.3 Å². The zero-order chi connectivity index (χ0) is 14.5. The van der Waals surface area contributed by atoms with Crippen LogP contribution < -0.4 is 5.32 Å². The monoisotopic (exact) mass is 302 g/mol. The zero-order valence-electron chi connectivity index (χ0n) is 10.7. The Morgan fingerprint density at radius 2 is 2.20 bits per heavy atom. The summed E-state index contributed by atoms with van der Waals surface area (Å²) in [5.41, 5.74) is 1.44. The summed E-state index contributed by atoms with van der Waals surface area (Å²) < 4.78 is 0. The molecule has 20 heavy (non-hydrogen) atoms. The Morgan fingerprint density at radius 1 is 1.40 bits per heavy atom. The first-order valence-corrected chi connectivity index (χ1v) is 7.09. The molecule has 0 aliphatic heterocycles. The Hall–Kier alpha value is -2.09. The van der Waals surface area contributed by atoms with Gasteiger partial charge in [0.1, 0.15) is 11.6 Å². The normalized spacial score (nSPS) is 10.9. The van der Waals surface area contributed by atoms with Crippen molar-refractivity contribution in [3.63, 3.8) is 0 Å². The molecule has 5 heteroatoms. The van der Waals surface area contributed by atoms with Crippen molar-refractivity contribution in [2.45, 2.75) is 6.92 Å². The van der Waals surface area contributed by atoms with Crippen molar-refractivity contribution in [1.82, 2.24) is 0 Å². The first kappa shape index (κ1) is 14.3. The Labute approximate surface area is 126 Å². The lowest BCUT2D eigenvalue weighted by molar-refractivity contribution is -0.112. The summed E-state index contributed by atoms with van der Waals surface area (Å²) in [6.07, 6.45) is 1.57. The molecule has 0 saturated heterocycles. The van der Waals surface area contributed by atoms with Crippen LogP contribution in [0.1, 0.15) is 10.4 Å². The summed E-state index contributed by atoms with van der Waals surface area (Å²) in [6.45, 7) is 1.81. The third kappa shape index (κ3) is 3.27. The average Bonchev–Trinajstić information content (AvgIpc) is 2.94. The molecule has 2 rings (SSSR count). The standard InChI is InChI=1S/C15H11ClN2OS/c1-10-13(16)5-2-6-14(10)18-15(19)11(9-17)8-12-4-3-7-20-12/h2-8H,1H3,(H,18,19).